The molecule has 7 heteroatoms. The Kier molecular flexibility index (Phi) is 5.89. The Balaban J connectivity index is 1.62. The van der Waals surface area contributed by atoms with E-state index in [1.54, 1.807) is 19.3 Å². The van der Waals surface area contributed by atoms with Gasteiger partial charge in [-0.1, -0.05) is 0 Å². The summed E-state index contributed by atoms with van der Waals surface area (Å²) in [5.74, 6) is 0.724. The van der Waals surface area contributed by atoms with Gasteiger partial charge >= 0.3 is 0 Å². The van der Waals surface area contributed by atoms with E-state index in [0.29, 0.717) is 6.54 Å². The Morgan fingerprint density at radius 1 is 1.33 bits per heavy atom. The number of aromatic nitrogens is 2. The van der Waals surface area contributed by atoms with Crippen LogP contribution < -0.4 is 16.0 Å². The quantitative estimate of drug-likeness (QED) is 0.684. The van der Waals surface area contributed by atoms with Gasteiger partial charge in [0.15, 0.2) is 0 Å². The van der Waals surface area contributed by atoms with Crippen molar-refractivity contribution in [2.45, 2.75) is 19.4 Å². The normalized spacial score (nSPS) is 17.5. The number of amides is 1. The molecule has 3 N–H and O–H groups in total. The third-order valence-electron chi connectivity index (χ3n) is 3.57. The summed E-state index contributed by atoms with van der Waals surface area (Å²) in [6.45, 7) is 7.25. The minimum atomic E-state index is -0.431. The number of nitrogens with one attached hydrogen (secondary N) is 1. The molecule has 2 heterocycles. The van der Waals surface area contributed by atoms with Gasteiger partial charge in [-0.2, -0.15) is 0 Å². The lowest BCUT2D eigenvalue weighted by Gasteiger charge is -2.34. The maximum atomic E-state index is 11.3. The highest BCUT2D eigenvalue weighted by molar-refractivity contribution is 5.80. The van der Waals surface area contributed by atoms with E-state index >= 15 is 0 Å². The number of carbonyl (C=O) groups excluding carboxylic acids is 1. The minimum Gasteiger partial charge on any atom is -0.355 e. The number of hydrogen-bond acceptors (Lipinski definition) is 6. The van der Waals surface area contributed by atoms with E-state index in [1.165, 1.54) is 0 Å². The van der Waals surface area contributed by atoms with Gasteiger partial charge in [0.1, 0.15) is 0 Å². The molecular formula is C14H24N6O. The van der Waals surface area contributed by atoms with Gasteiger partial charge in [0, 0.05) is 45.1 Å². The molecular weight excluding hydrogens is 268 g/mol. The van der Waals surface area contributed by atoms with Crippen molar-refractivity contribution < 1.29 is 4.79 Å². The molecule has 0 spiro atoms. The van der Waals surface area contributed by atoms with E-state index in [9.17, 15) is 4.79 Å². The molecule has 1 aromatic heterocycles. The predicted molar refractivity (Wildman–Crippen MR) is 82.0 cm³/mol. The van der Waals surface area contributed by atoms with Gasteiger partial charge in [-0.05, 0) is 26.0 Å². The van der Waals surface area contributed by atoms with Crippen molar-refractivity contribution in [2.75, 3.05) is 44.2 Å². The molecule has 0 radical (unpaired) electrons. The Bertz CT molecular complexity index is 430. The van der Waals surface area contributed by atoms with Crippen molar-refractivity contribution in [2.24, 2.45) is 5.73 Å². The molecule has 1 saturated heterocycles. The molecule has 0 saturated carbocycles. The SMILES string of the molecule is CC(N)C(=O)NCCCN1CCN(c2ncccn2)CC1. The highest BCUT2D eigenvalue weighted by Gasteiger charge is 2.18. The first-order valence-electron chi connectivity index (χ1n) is 7.44. The topological polar surface area (TPSA) is 87.4 Å². The molecule has 1 atom stereocenters. The highest BCUT2D eigenvalue weighted by atomic mass is 16.2. The number of rotatable bonds is 6. The molecule has 0 aromatic carbocycles. The van der Waals surface area contributed by atoms with Crippen molar-refractivity contribution in [1.29, 1.82) is 0 Å². The Labute approximate surface area is 125 Å². The second-order valence-corrected chi connectivity index (χ2v) is 5.31. The fourth-order valence-corrected chi connectivity index (χ4v) is 2.30. The standard InChI is InChI=1S/C14H24N6O/c1-12(15)13(21)16-6-3-7-19-8-10-20(11-9-19)14-17-4-2-5-18-14/h2,4-5,12H,3,6-11,15H2,1H3,(H,16,21). The number of anilines is 1. The predicted octanol–water partition coefficient (Wildman–Crippen LogP) is -0.548. The van der Waals surface area contributed by atoms with Gasteiger partial charge in [-0.3, -0.25) is 9.69 Å². The maximum Gasteiger partial charge on any atom is 0.236 e. The van der Waals surface area contributed by atoms with Crippen LogP contribution in [0.4, 0.5) is 5.95 Å². The molecule has 116 valence electrons. The van der Waals surface area contributed by atoms with Crippen LogP contribution in [0.1, 0.15) is 13.3 Å². The van der Waals surface area contributed by atoms with Crippen LogP contribution in [0, 0.1) is 0 Å². The molecule has 1 aliphatic heterocycles. The lowest BCUT2D eigenvalue weighted by Crippen LogP contribution is -2.47. The van der Waals surface area contributed by atoms with Gasteiger partial charge in [0.05, 0.1) is 6.04 Å². The monoisotopic (exact) mass is 292 g/mol. The third-order valence-corrected chi connectivity index (χ3v) is 3.57. The average Bonchev–Trinajstić information content (AvgIpc) is 2.52. The summed E-state index contributed by atoms with van der Waals surface area (Å²) in [5, 5.41) is 2.84. The molecule has 1 aromatic rings. The Morgan fingerprint density at radius 2 is 2.00 bits per heavy atom. The Hall–Kier alpha value is -1.73. The summed E-state index contributed by atoms with van der Waals surface area (Å²) in [4.78, 5) is 24.5. The molecule has 0 bridgehead atoms. The smallest absolute Gasteiger partial charge is 0.236 e. The van der Waals surface area contributed by atoms with E-state index in [0.717, 1.165) is 45.1 Å². The van der Waals surface area contributed by atoms with Crippen LogP contribution >= 0.6 is 0 Å². The molecule has 21 heavy (non-hydrogen) atoms. The number of carbonyl (C=O) groups is 1. The summed E-state index contributed by atoms with van der Waals surface area (Å²) >= 11 is 0. The highest BCUT2D eigenvalue weighted by Crippen LogP contribution is 2.09. The Morgan fingerprint density at radius 3 is 2.62 bits per heavy atom. The first kappa shape index (κ1) is 15.7. The van der Waals surface area contributed by atoms with Crippen molar-refractivity contribution in [3.8, 4) is 0 Å². The molecule has 2 rings (SSSR count). The molecule has 1 aliphatic rings. The van der Waals surface area contributed by atoms with Crippen LogP contribution in [0.3, 0.4) is 0 Å². The molecule has 1 fully saturated rings. The maximum absolute atomic E-state index is 11.3. The second kappa shape index (κ2) is 7.90. The second-order valence-electron chi connectivity index (χ2n) is 5.31. The molecule has 7 nitrogen and oxygen atoms in total. The van der Waals surface area contributed by atoms with Gasteiger partial charge in [0.25, 0.3) is 0 Å². The third kappa shape index (κ3) is 4.95. The van der Waals surface area contributed by atoms with Gasteiger partial charge in [-0.25, -0.2) is 9.97 Å². The lowest BCUT2D eigenvalue weighted by molar-refractivity contribution is -0.121. The number of nitrogens with zero attached hydrogens (tertiary/aromatic N) is 4. The van der Waals surface area contributed by atoms with Crippen molar-refractivity contribution >= 4 is 11.9 Å². The number of piperazine rings is 1. The number of hydrogen-bond donors (Lipinski definition) is 2. The molecule has 0 aliphatic carbocycles. The van der Waals surface area contributed by atoms with Crippen LogP contribution in [0.2, 0.25) is 0 Å². The van der Waals surface area contributed by atoms with E-state index in [4.69, 9.17) is 5.73 Å². The zero-order chi connectivity index (χ0) is 15.1. The fraction of sp³-hybridized carbons (Fsp3) is 0.643. The van der Waals surface area contributed by atoms with Crippen LogP contribution in [-0.4, -0.2) is 66.1 Å². The zero-order valence-electron chi connectivity index (χ0n) is 12.5. The summed E-state index contributed by atoms with van der Waals surface area (Å²) in [7, 11) is 0. The molecule has 1 amide bonds. The minimum absolute atomic E-state index is 0.0824. The summed E-state index contributed by atoms with van der Waals surface area (Å²) in [6, 6.07) is 1.40. The van der Waals surface area contributed by atoms with E-state index < -0.39 is 6.04 Å². The van der Waals surface area contributed by atoms with E-state index in [1.807, 2.05) is 6.07 Å². The lowest BCUT2D eigenvalue weighted by atomic mass is 10.3. The van der Waals surface area contributed by atoms with Crippen LogP contribution in [0.15, 0.2) is 18.5 Å². The van der Waals surface area contributed by atoms with Crippen molar-refractivity contribution in [3.05, 3.63) is 18.5 Å². The van der Waals surface area contributed by atoms with E-state index in [2.05, 4.69) is 25.1 Å². The van der Waals surface area contributed by atoms with Crippen molar-refractivity contribution in [1.82, 2.24) is 20.2 Å². The van der Waals surface area contributed by atoms with Gasteiger partial charge < -0.3 is 16.0 Å². The van der Waals surface area contributed by atoms with E-state index in [-0.39, 0.29) is 5.91 Å². The van der Waals surface area contributed by atoms with Gasteiger partial charge in [-0.15, -0.1) is 0 Å². The largest absolute Gasteiger partial charge is 0.355 e. The van der Waals surface area contributed by atoms with Crippen molar-refractivity contribution in [3.63, 3.8) is 0 Å². The van der Waals surface area contributed by atoms with Crippen LogP contribution in [0.25, 0.3) is 0 Å². The fourth-order valence-electron chi connectivity index (χ4n) is 2.30. The molecule has 1 unspecified atom stereocenters. The van der Waals surface area contributed by atoms with Crippen LogP contribution in [-0.2, 0) is 4.79 Å². The first-order valence-corrected chi connectivity index (χ1v) is 7.44. The zero-order valence-corrected chi connectivity index (χ0v) is 12.5. The summed E-state index contributed by atoms with van der Waals surface area (Å²) in [5.41, 5.74) is 5.49. The first-order chi connectivity index (χ1) is 10.2. The number of nitrogens with two attached hydrogens (primary N) is 1. The summed E-state index contributed by atoms with van der Waals surface area (Å²) in [6.07, 6.45) is 4.49. The summed E-state index contributed by atoms with van der Waals surface area (Å²) < 4.78 is 0. The van der Waals surface area contributed by atoms with Crippen LogP contribution in [0.5, 0.6) is 0 Å². The van der Waals surface area contributed by atoms with Gasteiger partial charge in [0.2, 0.25) is 11.9 Å². The average molecular weight is 292 g/mol.